The maximum Gasteiger partial charge on any atom is 0.292 e. The van der Waals surface area contributed by atoms with Crippen molar-refractivity contribution in [3.8, 4) is 5.75 Å². The van der Waals surface area contributed by atoms with Crippen LogP contribution in [-0.2, 0) is 13.2 Å². The van der Waals surface area contributed by atoms with Crippen molar-refractivity contribution in [2.24, 2.45) is 0 Å². The predicted molar refractivity (Wildman–Crippen MR) is 128 cm³/mol. The molecule has 2 aromatic heterocycles. The van der Waals surface area contributed by atoms with Crippen LogP contribution in [0.4, 0.5) is 10.2 Å². The van der Waals surface area contributed by atoms with E-state index in [1.807, 2.05) is 6.92 Å². The number of ether oxygens (including phenoxy) is 1. The Morgan fingerprint density at radius 3 is 2.82 bits per heavy atom. The highest BCUT2D eigenvalue weighted by Gasteiger charge is 2.17. The molecule has 0 atom stereocenters. The van der Waals surface area contributed by atoms with Crippen molar-refractivity contribution >= 4 is 50.9 Å². The first-order valence-electron chi connectivity index (χ1n) is 9.75. The maximum absolute atomic E-state index is 14.1. The first kappa shape index (κ1) is 23.4. The van der Waals surface area contributed by atoms with Gasteiger partial charge in [-0.1, -0.05) is 29.3 Å². The number of aromatic nitrogens is 2. The Labute approximate surface area is 207 Å². The van der Waals surface area contributed by atoms with E-state index in [0.29, 0.717) is 31.6 Å². The zero-order chi connectivity index (χ0) is 23.5. The van der Waals surface area contributed by atoms with Crippen LogP contribution in [0.15, 0.2) is 63.6 Å². The number of hydrogen-bond acceptors (Lipinski definition) is 4. The molecule has 4 aromatic rings. The van der Waals surface area contributed by atoms with E-state index < -0.39 is 11.7 Å². The molecule has 6 nitrogen and oxygen atoms in total. The Morgan fingerprint density at radius 1 is 1.24 bits per heavy atom. The van der Waals surface area contributed by atoms with Gasteiger partial charge in [-0.2, -0.15) is 5.10 Å². The third-order valence-electron chi connectivity index (χ3n) is 4.72. The summed E-state index contributed by atoms with van der Waals surface area (Å²) in [6.07, 6.45) is 1.62. The summed E-state index contributed by atoms with van der Waals surface area (Å²) in [5.74, 6) is 0.593. The summed E-state index contributed by atoms with van der Waals surface area (Å²) < 4.78 is 27.4. The molecule has 0 aliphatic carbocycles. The van der Waals surface area contributed by atoms with Gasteiger partial charge >= 0.3 is 0 Å². The van der Waals surface area contributed by atoms with Crippen molar-refractivity contribution in [2.45, 2.75) is 20.1 Å². The second-order valence-corrected chi connectivity index (χ2v) is 8.84. The van der Waals surface area contributed by atoms with Gasteiger partial charge < -0.3 is 14.5 Å². The number of amides is 1. The van der Waals surface area contributed by atoms with Gasteiger partial charge in [-0.25, -0.2) is 4.39 Å². The summed E-state index contributed by atoms with van der Waals surface area (Å²) >= 11 is 15.4. The molecule has 33 heavy (non-hydrogen) atoms. The number of anilines is 1. The number of hydrogen-bond donors (Lipinski definition) is 1. The molecule has 2 aromatic carbocycles. The van der Waals surface area contributed by atoms with Gasteiger partial charge in [-0.15, -0.1) is 0 Å². The summed E-state index contributed by atoms with van der Waals surface area (Å²) in [4.78, 5) is 12.6. The lowest BCUT2D eigenvalue weighted by Crippen LogP contribution is -2.12. The van der Waals surface area contributed by atoms with Crippen molar-refractivity contribution in [3.05, 3.63) is 97.7 Å². The lowest BCUT2D eigenvalue weighted by atomic mass is 10.2. The van der Waals surface area contributed by atoms with Crippen LogP contribution in [0.2, 0.25) is 10.0 Å². The summed E-state index contributed by atoms with van der Waals surface area (Å²) in [5, 5.41) is 7.88. The van der Waals surface area contributed by atoms with E-state index in [1.54, 1.807) is 42.6 Å². The van der Waals surface area contributed by atoms with Gasteiger partial charge in [0.2, 0.25) is 0 Å². The second kappa shape index (κ2) is 9.99. The lowest BCUT2D eigenvalue weighted by Gasteiger charge is -2.07. The molecule has 2 heterocycles. The van der Waals surface area contributed by atoms with E-state index >= 15 is 0 Å². The zero-order valence-corrected chi connectivity index (χ0v) is 20.3. The minimum atomic E-state index is -0.487. The Balaban J connectivity index is 1.40. The number of carbonyl (C=O) groups is 1. The van der Waals surface area contributed by atoms with E-state index in [1.165, 1.54) is 16.8 Å². The lowest BCUT2D eigenvalue weighted by molar-refractivity contribution is 0.0992. The number of halogens is 4. The van der Waals surface area contributed by atoms with Crippen LogP contribution in [0.25, 0.3) is 0 Å². The van der Waals surface area contributed by atoms with Gasteiger partial charge in [-0.05, 0) is 70.9 Å². The largest absolute Gasteiger partial charge is 0.485 e. The van der Waals surface area contributed by atoms with Gasteiger partial charge in [-0.3, -0.25) is 9.48 Å². The zero-order valence-electron chi connectivity index (χ0n) is 17.2. The predicted octanol–water partition coefficient (Wildman–Crippen LogP) is 6.87. The fraction of sp³-hybridized carbons (Fsp3) is 0.130. The van der Waals surface area contributed by atoms with Gasteiger partial charge in [0, 0.05) is 21.8 Å². The minimum Gasteiger partial charge on any atom is -0.485 e. The average molecular weight is 553 g/mol. The van der Waals surface area contributed by atoms with Crippen molar-refractivity contribution in [3.63, 3.8) is 0 Å². The monoisotopic (exact) mass is 551 g/mol. The Kier molecular flexibility index (Phi) is 7.07. The molecule has 0 radical (unpaired) electrons. The number of benzene rings is 2. The molecule has 0 aliphatic heterocycles. The fourth-order valence-electron chi connectivity index (χ4n) is 3.08. The number of nitrogens with zero attached hydrogens (tertiary/aromatic N) is 2. The molecule has 0 aliphatic rings. The third kappa shape index (κ3) is 5.58. The molecule has 170 valence electrons. The number of aryl methyl sites for hydroxylation is 1. The van der Waals surface area contributed by atoms with Crippen LogP contribution in [0.1, 0.15) is 27.4 Å². The molecule has 0 fully saturated rings. The standard InChI is InChI=1S/C23H17BrCl2FN3O3/c1-13-9-14(25)5-7-20(13)32-12-15-6-8-21(33-15)23(31)28-22-17(24)11-30(29-22)10-16-18(26)3-2-4-19(16)27/h2-9,11H,10,12H2,1H3,(H,28,29,31). The van der Waals surface area contributed by atoms with Gasteiger partial charge in [0.05, 0.1) is 11.0 Å². The van der Waals surface area contributed by atoms with Crippen LogP contribution in [0.5, 0.6) is 5.75 Å². The quantitative estimate of drug-likeness (QED) is 0.271. The third-order valence-corrected chi connectivity index (χ3v) is 5.89. The Hall–Kier alpha value is -2.81. The van der Waals surface area contributed by atoms with E-state index in [9.17, 15) is 9.18 Å². The molecule has 0 unspecified atom stereocenters. The van der Waals surface area contributed by atoms with Crippen LogP contribution < -0.4 is 10.1 Å². The fourth-order valence-corrected chi connectivity index (χ4v) is 3.94. The maximum atomic E-state index is 14.1. The molecule has 1 amide bonds. The summed E-state index contributed by atoms with van der Waals surface area (Å²) in [5.41, 5.74) is 1.20. The topological polar surface area (TPSA) is 69.3 Å². The van der Waals surface area contributed by atoms with E-state index in [0.717, 1.165) is 5.56 Å². The number of furan rings is 1. The molecule has 0 saturated heterocycles. The van der Waals surface area contributed by atoms with Crippen molar-refractivity contribution in [1.29, 1.82) is 0 Å². The van der Waals surface area contributed by atoms with Crippen molar-refractivity contribution < 1.29 is 18.3 Å². The molecule has 0 bridgehead atoms. The SMILES string of the molecule is Cc1cc(Cl)ccc1OCc1ccc(C(=O)Nc2nn(Cc3c(F)cccc3Cl)cc2Br)o1. The highest BCUT2D eigenvalue weighted by atomic mass is 79.9. The summed E-state index contributed by atoms with van der Waals surface area (Å²) in [6.45, 7) is 2.14. The number of rotatable bonds is 7. The summed E-state index contributed by atoms with van der Waals surface area (Å²) in [7, 11) is 0. The van der Waals surface area contributed by atoms with Crippen LogP contribution in [0.3, 0.4) is 0 Å². The smallest absolute Gasteiger partial charge is 0.292 e. The Bertz CT molecular complexity index is 1300. The molecular weight excluding hydrogens is 536 g/mol. The van der Waals surface area contributed by atoms with Crippen LogP contribution in [0, 0.1) is 12.7 Å². The van der Waals surface area contributed by atoms with Crippen molar-refractivity contribution in [2.75, 3.05) is 5.32 Å². The first-order valence-corrected chi connectivity index (χ1v) is 11.3. The number of nitrogens with one attached hydrogen (secondary N) is 1. The number of carbonyl (C=O) groups excluding carboxylic acids is 1. The first-order chi connectivity index (χ1) is 15.8. The molecule has 1 N–H and O–H groups in total. The summed E-state index contributed by atoms with van der Waals surface area (Å²) in [6, 6.07) is 13.0. The Morgan fingerprint density at radius 2 is 2.06 bits per heavy atom. The normalized spacial score (nSPS) is 10.9. The highest BCUT2D eigenvalue weighted by molar-refractivity contribution is 9.10. The van der Waals surface area contributed by atoms with Gasteiger partial charge in [0.1, 0.15) is 23.9 Å². The van der Waals surface area contributed by atoms with Crippen molar-refractivity contribution in [1.82, 2.24) is 9.78 Å². The van der Waals surface area contributed by atoms with E-state index in [-0.39, 0.29) is 24.7 Å². The second-order valence-electron chi connectivity index (χ2n) is 7.14. The van der Waals surface area contributed by atoms with Gasteiger partial charge in [0.25, 0.3) is 5.91 Å². The average Bonchev–Trinajstić information content (AvgIpc) is 3.37. The molecule has 0 saturated carbocycles. The van der Waals surface area contributed by atoms with Crippen LogP contribution in [-0.4, -0.2) is 15.7 Å². The molecule has 0 spiro atoms. The van der Waals surface area contributed by atoms with E-state index in [2.05, 4.69) is 26.3 Å². The van der Waals surface area contributed by atoms with Gasteiger partial charge in [0.15, 0.2) is 11.6 Å². The minimum absolute atomic E-state index is 0.0972. The molecular formula is C23H17BrCl2FN3O3. The molecule has 4 rings (SSSR count). The molecule has 10 heteroatoms. The van der Waals surface area contributed by atoms with Crippen LogP contribution >= 0.6 is 39.1 Å². The van der Waals surface area contributed by atoms with E-state index in [4.69, 9.17) is 32.4 Å². The highest BCUT2D eigenvalue weighted by Crippen LogP contribution is 2.26.